The number of halogens is 1. The Hall–Kier alpha value is -2.81. The Morgan fingerprint density at radius 3 is 2.56 bits per heavy atom. The molecule has 0 bridgehead atoms. The molecule has 1 aromatic heterocycles. The van der Waals surface area contributed by atoms with Crippen molar-refractivity contribution in [3.63, 3.8) is 0 Å². The van der Waals surface area contributed by atoms with Gasteiger partial charge in [-0.3, -0.25) is 9.59 Å². The molecule has 0 radical (unpaired) electrons. The Kier molecular flexibility index (Phi) is 4.97. The summed E-state index contributed by atoms with van der Waals surface area (Å²) in [5.41, 5.74) is 4.82. The first-order valence-electron chi connectivity index (χ1n) is 7.63. The molecule has 3 N–H and O–H groups in total. The van der Waals surface area contributed by atoms with E-state index in [9.17, 15) is 22.4 Å². The zero-order chi connectivity index (χ0) is 19.8. The van der Waals surface area contributed by atoms with Crippen LogP contribution in [0.1, 0.15) is 20.7 Å². The number of nitrogens with zero attached hydrogens (tertiary/aromatic N) is 2. The number of sulfonamides is 1. The molecule has 2 amide bonds. The summed E-state index contributed by atoms with van der Waals surface area (Å²) in [6.45, 7) is 0.110. The molecule has 2 aromatic rings. The van der Waals surface area contributed by atoms with Crippen LogP contribution in [0.3, 0.4) is 0 Å². The minimum atomic E-state index is -3.92. The molecule has 8 nitrogen and oxygen atoms in total. The molecule has 11 heteroatoms. The van der Waals surface area contributed by atoms with E-state index < -0.39 is 27.7 Å². The fraction of sp³-hybridized carbons (Fsp3) is 0.188. The predicted molar refractivity (Wildman–Crippen MR) is 95.1 cm³/mol. The van der Waals surface area contributed by atoms with Crippen LogP contribution in [-0.4, -0.2) is 37.6 Å². The number of primary amides is 1. The number of benzene rings is 1. The van der Waals surface area contributed by atoms with Gasteiger partial charge < -0.3 is 11.1 Å². The summed E-state index contributed by atoms with van der Waals surface area (Å²) in [6, 6.07) is 8.27. The van der Waals surface area contributed by atoms with E-state index in [1.165, 1.54) is 18.2 Å². The second-order valence-corrected chi connectivity index (χ2v) is 8.97. The van der Waals surface area contributed by atoms with Gasteiger partial charge in [0.05, 0.1) is 23.1 Å². The van der Waals surface area contributed by atoms with Gasteiger partial charge in [0.2, 0.25) is 0 Å². The number of rotatable bonds is 5. The summed E-state index contributed by atoms with van der Waals surface area (Å²) in [7, 11) is -3.92. The van der Waals surface area contributed by atoms with Crippen LogP contribution in [0, 0.1) is 23.1 Å². The average molecular weight is 408 g/mol. The van der Waals surface area contributed by atoms with Crippen LogP contribution in [0.15, 0.2) is 34.5 Å². The van der Waals surface area contributed by atoms with Crippen LogP contribution in [0.4, 0.5) is 9.39 Å². The van der Waals surface area contributed by atoms with Gasteiger partial charge in [0, 0.05) is 13.1 Å². The second kappa shape index (κ2) is 7.07. The van der Waals surface area contributed by atoms with Crippen LogP contribution < -0.4 is 11.1 Å². The maximum Gasteiger partial charge on any atom is 0.259 e. The van der Waals surface area contributed by atoms with Crippen molar-refractivity contribution in [2.24, 2.45) is 11.7 Å². The molecule has 1 aromatic carbocycles. The lowest BCUT2D eigenvalue weighted by Crippen LogP contribution is -2.48. The van der Waals surface area contributed by atoms with E-state index in [-0.39, 0.29) is 39.3 Å². The van der Waals surface area contributed by atoms with E-state index in [1.807, 2.05) is 6.07 Å². The second-order valence-electron chi connectivity index (χ2n) is 5.75. The highest BCUT2D eigenvalue weighted by Crippen LogP contribution is 2.35. The first-order chi connectivity index (χ1) is 12.7. The number of carbonyl (C=O) groups is 2. The number of anilines is 1. The molecular formula is C16H13FN4O4S2. The third-order valence-corrected chi connectivity index (χ3v) is 7.28. The Morgan fingerprint density at radius 1 is 1.30 bits per heavy atom. The van der Waals surface area contributed by atoms with E-state index in [4.69, 9.17) is 11.0 Å². The van der Waals surface area contributed by atoms with Gasteiger partial charge in [-0.05, 0) is 18.2 Å². The average Bonchev–Trinajstić information content (AvgIpc) is 2.99. The Bertz CT molecular complexity index is 1070. The topological polar surface area (TPSA) is 133 Å². The van der Waals surface area contributed by atoms with Gasteiger partial charge in [-0.1, -0.05) is 12.1 Å². The van der Waals surface area contributed by atoms with Gasteiger partial charge >= 0.3 is 0 Å². The van der Waals surface area contributed by atoms with E-state index in [1.54, 1.807) is 0 Å². The summed E-state index contributed by atoms with van der Waals surface area (Å²) in [5.74, 6) is -2.91. The van der Waals surface area contributed by atoms with Gasteiger partial charge in [-0.25, -0.2) is 12.8 Å². The number of thiophene rings is 1. The Labute approximate surface area is 158 Å². The zero-order valence-electron chi connectivity index (χ0n) is 13.7. The van der Waals surface area contributed by atoms with Crippen molar-refractivity contribution in [3.8, 4) is 6.07 Å². The lowest BCUT2D eigenvalue weighted by molar-refractivity contribution is 0.100. The Morgan fingerprint density at radius 2 is 1.96 bits per heavy atom. The van der Waals surface area contributed by atoms with E-state index in [0.717, 1.165) is 16.4 Å². The number of nitrogens with one attached hydrogen (secondary N) is 1. The molecule has 1 aliphatic rings. The van der Waals surface area contributed by atoms with Gasteiger partial charge in [-0.2, -0.15) is 9.57 Å². The van der Waals surface area contributed by atoms with Crippen LogP contribution in [0.5, 0.6) is 0 Å². The lowest BCUT2D eigenvalue weighted by atomic mass is 10.1. The van der Waals surface area contributed by atoms with Crippen LogP contribution in [0.2, 0.25) is 0 Å². The van der Waals surface area contributed by atoms with Crippen molar-refractivity contribution in [2.75, 3.05) is 18.4 Å². The van der Waals surface area contributed by atoms with Gasteiger partial charge in [0.1, 0.15) is 15.0 Å². The number of hydrogen-bond donors (Lipinski definition) is 2. The molecule has 0 spiro atoms. The van der Waals surface area contributed by atoms with Crippen LogP contribution in [-0.2, 0) is 10.0 Å². The smallest absolute Gasteiger partial charge is 0.259 e. The number of carbonyl (C=O) groups excluding carboxylic acids is 2. The highest BCUT2D eigenvalue weighted by atomic mass is 32.2. The largest absolute Gasteiger partial charge is 0.366 e. The predicted octanol–water partition coefficient (Wildman–Crippen LogP) is 1.38. The lowest BCUT2D eigenvalue weighted by Gasteiger charge is -2.33. The highest BCUT2D eigenvalue weighted by Gasteiger charge is 2.38. The Balaban J connectivity index is 1.91. The molecule has 1 aliphatic heterocycles. The minimum Gasteiger partial charge on any atom is -0.366 e. The maximum absolute atomic E-state index is 13.7. The molecule has 0 aliphatic carbocycles. The number of amides is 2. The summed E-state index contributed by atoms with van der Waals surface area (Å²) < 4.78 is 39.8. The fourth-order valence-corrected chi connectivity index (χ4v) is 5.48. The molecule has 2 heterocycles. The molecule has 3 rings (SSSR count). The van der Waals surface area contributed by atoms with Crippen molar-refractivity contribution < 1.29 is 22.4 Å². The summed E-state index contributed by atoms with van der Waals surface area (Å²) >= 11 is 0.642. The monoisotopic (exact) mass is 408 g/mol. The molecule has 140 valence electrons. The fourth-order valence-electron chi connectivity index (χ4n) is 2.43. The molecule has 1 fully saturated rings. The number of nitriles is 1. The van der Waals surface area contributed by atoms with Crippen molar-refractivity contribution in [2.45, 2.75) is 4.21 Å². The van der Waals surface area contributed by atoms with Crippen molar-refractivity contribution in [1.29, 1.82) is 5.26 Å². The van der Waals surface area contributed by atoms with E-state index >= 15 is 0 Å². The third-order valence-electron chi connectivity index (χ3n) is 3.95. The summed E-state index contributed by atoms with van der Waals surface area (Å²) in [5, 5.41) is 11.0. The van der Waals surface area contributed by atoms with Gasteiger partial charge in [-0.15, -0.1) is 11.3 Å². The van der Waals surface area contributed by atoms with Crippen molar-refractivity contribution >= 4 is 38.2 Å². The summed E-state index contributed by atoms with van der Waals surface area (Å²) in [4.78, 5) is 23.9. The highest BCUT2D eigenvalue weighted by molar-refractivity contribution is 7.91. The van der Waals surface area contributed by atoms with Crippen LogP contribution in [0.25, 0.3) is 0 Å². The SMILES string of the molecule is N#CC1CN(S(=O)(=O)c2cc(C(N)=O)c(NC(=O)c3ccccc3F)s2)C1. The standard InChI is InChI=1S/C16H13FN4O4S2/c17-12-4-2-1-3-10(12)15(23)20-16-11(14(19)22)5-13(26-16)27(24,25)21-7-9(6-18)8-21/h1-5,9H,7-8H2,(H2,19,22)(H,20,23). The van der Waals surface area contributed by atoms with E-state index in [0.29, 0.717) is 11.3 Å². The third kappa shape index (κ3) is 3.55. The molecular weight excluding hydrogens is 395 g/mol. The number of nitrogens with two attached hydrogens (primary N) is 1. The van der Waals surface area contributed by atoms with E-state index in [2.05, 4.69) is 5.32 Å². The first-order valence-corrected chi connectivity index (χ1v) is 9.89. The quantitative estimate of drug-likeness (QED) is 0.771. The molecule has 0 unspecified atom stereocenters. The van der Waals surface area contributed by atoms with Crippen LogP contribution >= 0.6 is 11.3 Å². The maximum atomic E-state index is 13.7. The van der Waals surface area contributed by atoms with Gasteiger partial charge in [0.25, 0.3) is 21.8 Å². The van der Waals surface area contributed by atoms with Gasteiger partial charge in [0.15, 0.2) is 0 Å². The number of hydrogen-bond acceptors (Lipinski definition) is 6. The summed E-state index contributed by atoms with van der Waals surface area (Å²) in [6.07, 6.45) is 0. The molecule has 1 saturated heterocycles. The van der Waals surface area contributed by atoms with Crippen molar-refractivity contribution in [3.05, 3.63) is 47.3 Å². The normalized spacial score (nSPS) is 15.0. The zero-order valence-corrected chi connectivity index (χ0v) is 15.3. The molecule has 27 heavy (non-hydrogen) atoms. The molecule has 0 saturated carbocycles. The molecule has 0 atom stereocenters. The van der Waals surface area contributed by atoms with Crippen molar-refractivity contribution in [1.82, 2.24) is 4.31 Å². The minimum absolute atomic E-state index is 0.0551. The first kappa shape index (κ1) is 19.0.